The van der Waals surface area contributed by atoms with E-state index in [2.05, 4.69) is 4.90 Å². The van der Waals surface area contributed by atoms with Gasteiger partial charge in [-0.1, -0.05) is 12.8 Å². The molecule has 0 aromatic rings. The summed E-state index contributed by atoms with van der Waals surface area (Å²) in [5.41, 5.74) is 5.59. The van der Waals surface area contributed by atoms with Crippen LogP contribution in [0, 0.1) is 0 Å². The molecule has 2 aliphatic carbocycles. The molecule has 0 amide bonds. The SMILES string of the molecule is NC1(C2(O)CCN(C3CC3)CC2)CCCC1. The van der Waals surface area contributed by atoms with Crippen LogP contribution in [0.5, 0.6) is 0 Å². The molecular formula is C13H24N2O. The van der Waals surface area contributed by atoms with Crippen molar-refractivity contribution in [1.82, 2.24) is 4.90 Å². The largest absolute Gasteiger partial charge is 0.388 e. The molecule has 0 unspecified atom stereocenters. The van der Waals surface area contributed by atoms with Gasteiger partial charge in [-0.25, -0.2) is 0 Å². The molecule has 3 fully saturated rings. The monoisotopic (exact) mass is 224 g/mol. The van der Waals surface area contributed by atoms with E-state index in [9.17, 15) is 5.11 Å². The minimum absolute atomic E-state index is 0.275. The van der Waals surface area contributed by atoms with Crippen LogP contribution >= 0.6 is 0 Å². The van der Waals surface area contributed by atoms with E-state index in [4.69, 9.17) is 5.73 Å². The Labute approximate surface area is 98.0 Å². The number of hydrogen-bond acceptors (Lipinski definition) is 3. The number of hydrogen-bond donors (Lipinski definition) is 2. The Morgan fingerprint density at radius 1 is 1.00 bits per heavy atom. The van der Waals surface area contributed by atoms with Crippen molar-refractivity contribution in [2.45, 2.75) is 68.5 Å². The lowest BCUT2D eigenvalue weighted by molar-refractivity contribution is -0.0798. The van der Waals surface area contributed by atoms with Gasteiger partial charge in [-0.2, -0.15) is 0 Å². The molecule has 0 aromatic carbocycles. The predicted molar refractivity (Wildman–Crippen MR) is 64.2 cm³/mol. The normalized spacial score (nSPS) is 34.1. The minimum atomic E-state index is -0.575. The maximum atomic E-state index is 10.8. The zero-order valence-electron chi connectivity index (χ0n) is 10.1. The first-order valence-corrected chi connectivity index (χ1v) is 6.88. The molecular weight excluding hydrogens is 200 g/mol. The zero-order chi connectivity index (χ0) is 11.2. The van der Waals surface area contributed by atoms with Crippen molar-refractivity contribution in [1.29, 1.82) is 0 Å². The van der Waals surface area contributed by atoms with Crippen LogP contribution in [0.1, 0.15) is 51.4 Å². The Morgan fingerprint density at radius 3 is 2.06 bits per heavy atom. The number of piperidine rings is 1. The van der Waals surface area contributed by atoms with Crippen LogP contribution in [0.4, 0.5) is 0 Å². The van der Waals surface area contributed by atoms with E-state index >= 15 is 0 Å². The van der Waals surface area contributed by atoms with Crippen LogP contribution in [0.25, 0.3) is 0 Å². The van der Waals surface area contributed by atoms with Gasteiger partial charge in [-0.05, 0) is 38.5 Å². The zero-order valence-corrected chi connectivity index (χ0v) is 10.1. The summed E-state index contributed by atoms with van der Waals surface area (Å²) < 4.78 is 0. The average Bonchev–Trinajstić information content (AvgIpc) is 3.02. The highest BCUT2D eigenvalue weighted by Gasteiger charge is 2.51. The van der Waals surface area contributed by atoms with Crippen LogP contribution in [-0.2, 0) is 0 Å². The number of aliphatic hydroxyl groups is 1. The molecule has 1 saturated heterocycles. The van der Waals surface area contributed by atoms with E-state index in [1.165, 1.54) is 25.7 Å². The van der Waals surface area contributed by atoms with Gasteiger partial charge in [-0.15, -0.1) is 0 Å². The molecule has 3 nitrogen and oxygen atoms in total. The van der Waals surface area contributed by atoms with Crippen LogP contribution in [0.2, 0.25) is 0 Å². The smallest absolute Gasteiger partial charge is 0.0850 e. The molecule has 3 aliphatic rings. The topological polar surface area (TPSA) is 49.5 Å². The summed E-state index contributed by atoms with van der Waals surface area (Å²) in [7, 11) is 0. The van der Waals surface area contributed by atoms with Gasteiger partial charge in [0.1, 0.15) is 0 Å². The van der Waals surface area contributed by atoms with Gasteiger partial charge < -0.3 is 15.7 Å². The van der Waals surface area contributed by atoms with E-state index in [1.54, 1.807) is 0 Å². The molecule has 0 bridgehead atoms. The molecule has 0 aromatic heterocycles. The Bertz CT molecular complexity index is 261. The molecule has 1 heterocycles. The van der Waals surface area contributed by atoms with Gasteiger partial charge >= 0.3 is 0 Å². The molecule has 3 heteroatoms. The van der Waals surface area contributed by atoms with Crippen LogP contribution in [0.3, 0.4) is 0 Å². The van der Waals surface area contributed by atoms with E-state index < -0.39 is 5.60 Å². The lowest BCUT2D eigenvalue weighted by Crippen LogP contribution is -2.63. The standard InChI is InChI=1S/C13H24N2O/c14-12(5-1-2-6-12)13(16)7-9-15(10-8-13)11-3-4-11/h11,16H,1-10,14H2. The Balaban J connectivity index is 1.65. The van der Waals surface area contributed by atoms with Gasteiger partial charge in [0.25, 0.3) is 0 Å². The second-order valence-corrected chi connectivity index (χ2v) is 6.16. The van der Waals surface area contributed by atoms with Crippen molar-refractivity contribution in [3.8, 4) is 0 Å². The summed E-state index contributed by atoms with van der Waals surface area (Å²) in [6.45, 7) is 2.11. The number of rotatable bonds is 2. The van der Waals surface area contributed by atoms with E-state index in [1.807, 2.05) is 0 Å². The molecule has 3 N–H and O–H groups in total. The van der Waals surface area contributed by atoms with Gasteiger partial charge in [0, 0.05) is 24.7 Å². The summed E-state index contributed by atoms with van der Waals surface area (Å²) in [6.07, 6.45) is 8.95. The van der Waals surface area contributed by atoms with Crippen molar-refractivity contribution < 1.29 is 5.11 Å². The molecule has 3 rings (SSSR count). The lowest BCUT2D eigenvalue weighted by Gasteiger charge is -2.47. The highest BCUT2D eigenvalue weighted by atomic mass is 16.3. The Kier molecular flexibility index (Phi) is 2.54. The van der Waals surface area contributed by atoms with Crippen molar-refractivity contribution in [2.75, 3.05) is 13.1 Å². The van der Waals surface area contributed by atoms with Crippen molar-refractivity contribution in [3.63, 3.8) is 0 Å². The third-order valence-corrected chi connectivity index (χ3v) is 5.11. The maximum Gasteiger partial charge on any atom is 0.0850 e. The fourth-order valence-corrected chi connectivity index (χ4v) is 3.67. The molecule has 0 atom stereocenters. The fraction of sp³-hybridized carbons (Fsp3) is 1.00. The van der Waals surface area contributed by atoms with E-state index in [0.29, 0.717) is 0 Å². The number of nitrogens with zero attached hydrogens (tertiary/aromatic N) is 1. The third-order valence-electron chi connectivity index (χ3n) is 5.11. The second kappa shape index (κ2) is 3.69. The van der Waals surface area contributed by atoms with Crippen LogP contribution in [0.15, 0.2) is 0 Å². The fourth-order valence-electron chi connectivity index (χ4n) is 3.67. The lowest BCUT2D eigenvalue weighted by atomic mass is 9.73. The Morgan fingerprint density at radius 2 is 1.56 bits per heavy atom. The highest BCUT2D eigenvalue weighted by Crippen LogP contribution is 2.43. The van der Waals surface area contributed by atoms with Gasteiger partial charge in [0.2, 0.25) is 0 Å². The van der Waals surface area contributed by atoms with E-state index in [-0.39, 0.29) is 5.54 Å². The molecule has 92 valence electrons. The summed E-state index contributed by atoms with van der Waals surface area (Å²) in [4.78, 5) is 2.55. The Hall–Kier alpha value is -0.120. The summed E-state index contributed by atoms with van der Waals surface area (Å²) >= 11 is 0. The van der Waals surface area contributed by atoms with E-state index in [0.717, 1.165) is 44.8 Å². The summed E-state index contributed by atoms with van der Waals surface area (Å²) in [5.74, 6) is 0. The first-order chi connectivity index (χ1) is 7.63. The quantitative estimate of drug-likeness (QED) is 0.742. The minimum Gasteiger partial charge on any atom is -0.388 e. The third kappa shape index (κ3) is 1.69. The second-order valence-electron chi connectivity index (χ2n) is 6.16. The first-order valence-electron chi connectivity index (χ1n) is 6.88. The maximum absolute atomic E-state index is 10.8. The molecule has 16 heavy (non-hydrogen) atoms. The van der Waals surface area contributed by atoms with Gasteiger partial charge in [0.15, 0.2) is 0 Å². The molecule has 2 saturated carbocycles. The highest BCUT2D eigenvalue weighted by molar-refractivity contribution is 5.08. The predicted octanol–water partition coefficient (Wildman–Crippen LogP) is 1.25. The summed E-state index contributed by atoms with van der Waals surface area (Å²) in [5, 5.41) is 10.8. The van der Waals surface area contributed by atoms with Gasteiger partial charge in [0.05, 0.1) is 5.60 Å². The molecule has 0 radical (unpaired) electrons. The first kappa shape index (κ1) is 11.0. The summed E-state index contributed by atoms with van der Waals surface area (Å²) in [6, 6.07) is 0.835. The van der Waals surface area contributed by atoms with Gasteiger partial charge in [-0.3, -0.25) is 0 Å². The van der Waals surface area contributed by atoms with Crippen LogP contribution < -0.4 is 5.73 Å². The molecule has 1 aliphatic heterocycles. The number of likely N-dealkylation sites (tertiary alicyclic amines) is 1. The van der Waals surface area contributed by atoms with Crippen molar-refractivity contribution >= 4 is 0 Å². The van der Waals surface area contributed by atoms with Crippen molar-refractivity contribution in [3.05, 3.63) is 0 Å². The molecule has 0 spiro atoms. The average molecular weight is 224 g/mol. The van der Waals surface area contributed by atoms with Crippen molar-refractivity contribution in [2.24, 2.45) is 5.73 Å². The number of nitrogens with two attached hydrogens (primary N) is 1. The van der Waals surface area contributed by atoms with Crippen LogP contribution in [-0.4, -0.2) is 40.3 Å².